The van der Waals surface area contributed by atoms with Gasteiger partial charge in [0, 0.05) is 18.3 Å². The summed E-state index contributed by atoms with van der Waals surface area (Å²) in [4.78, 5) is 2.42. The largest absolute Gasteiger partial charge is 0.489 e. The highest BCUT2D eigenvalue weighted by Gasteiger charge is 2.17. The Morgan fingerprint density at radius 2 is 2.06 bits per heavy atom. The molecule has 18 heavy (non-hydrogen) atoms. The molecule has 1 aliphatic rings. The number of nitrogens with two attached hydrogens (primary N) is 1. The number of hydrogen-bond donors (Lipinski definition) is 1. The molecule has 100 valence electrons. The summed E-state index contributed by atoms with van der Waals surface area (Å²) in [6, 6.07) is 5.96. The van der Waals surface area contributed by atoms with Gasteiger partial charge in [0.05, 0.1) is 12.2 Å². The standard InChI is InChI=1S/C15H24N2O/c1-2-3-4-5-6-9-17-10-11-18-15-12-13(16)7-8-14(15)17/h7-8,12H,2-6,9-11,16H2,1H3. The third-order valence-electron chi connectivity index (χ3n) is 3.47. The first kappa shape index (κ1) is 13.1. The van der Waals surface area contributed by atoms with E-state index < -0.39 is 0 Å². The van der Waals surface area contributed by atoms with Crippen LogP contribution in [0.2, 0.25) is 0 Å². The normalized spacial score (nSPS) is 14.2. The molecule has 0 atom stereocenters. The zero-order valence-corrected chi connectivity index (χ0v) is 11.3. The number of hydrogen-bond acceptors (Lipinski definition) is 3. The predicted molar refractivity (Wildman–Crippen MR) is 77.3 cm³/mol. The van der Waals surface area contributed by atoms with E-state index in [-0.39, 0.29) is 0 Å². The Morgan fingerprint density at radius 3 is 2.89 bits per heavy atom. The molecule has 1 heterocycles. The van der Waals surface area contributed by atoms with Crippen molar-refractivity contribution in [3.8, 4) is 5.75 Å². The Morgan fingerprint density at radius 1 is 1.22 bits per heavy atom. The number of fused-ring (bicyclic) bond motifs is 1. The predicted octanol–water partition coefficient (Wildman–Crippen LogP) is 3.44. The van der Waals surface area contributed by atoms with E-state index in [0.29, 0.717) is 0 Å². The molecule has 0 spiro atoms. The molecule has 0 radical (unpaired) electrons. The summed E-state index contributed by atoms with van der Waals surface area (Å²) < 4.78 is 5.66. The number of ether oxygens (including phenoxy) is 1. The fourth-order valence-electron chi connectivity index (χ4n) is 2.43. The molecule has 1 aromatic rings. The van der Waals surface area contributed by atoms with Gasteiger partial charge >= 0.3 is 0 Å². The molecular formula is C15H24N2O. The van der Waals surface area contributed by atoms with E-state index in [1.54, 1.807) is 0 Å². The lowest BCUT2D eigenvalue weighted by atomic mass is 10.1. The van der Waals surface area contributed by atoms with Crippen LogP contribution in [0.4, 0.5) is 11.4 Å². The van der Waals surface area contributed by atoms with Gasteiger partial charge in [0.1, 0.15) is 12.4 Å². The van der Waals surface area contributed by atoms with Crippen molar-refractivity contribution in [3.63, 3.8) is 0 Å². The zero-order valence-electron chi connectivity index (χ0n) is 11.3. The van der Waals surface area contributed by atoms with Gasteiger partial charge in [0.15, 0.2) is 0 Å². The molecule has 1 aromatic carbocycles. The van der Waals surface area contributed by atoms with Crippen LogP contribution in [-0.2, 0) is 0 Å². The quantitative estimate of drug-likeness (QED) is 0.619. The summed E-state index contributed by atoms with van der Waals surface area (Å²) in [5, 5.41) is 0. The van der Waals surface area contributed by atoms with Gasteiger partial charge < -0.3 is 15.4 Å². The number of anilines is 2. The van der Waals surface area contributed by atoms with E-state index in [1.165, 1.54) is 37.8 Å². The van der Waals surface area contributed by atoms with Crippen molar-refractivity contribution in [2.24, 2.45) is 0 Å². The minimum Gasteiger partial charge on any atom is -0.489 e. The summed E-state index contributed by atoms with van der Waals surface area (Å²) in [5.41, 5.74) is 7.76. The highest BCUT2D eigenvalue weighted by atomic mass is 16.5. The van der Waals surface area contributed by atoms with Crippen LogP contribution in [0.5, 0.6) is 5.75 Å². The van der Waals surface area contributed by atoms with Crippen LogP contribution < -0.4 is 15.4 Å². The average molecular weight is 248 g/mol. The maximum atomic E-state index is 5.78. The molecule has 3 nitrogen and oxygen atoms in total. The second kappa shape index (κ2) is 6.53. The van der Waals surface area contributed by atoms with Crippen molar-refractivity contribution in [3.05, 3.63) is 18.2 Å². The lowest BCUT2D eigenvalue weighted by Crippen LogP contribution is -2.33. The van der Waals surface area contributed by atoms with Crippen LogP contribution in [0.25, 0.3) is 0 Å². The minimum absolute atomic E-state index is 0.769. The van der Waals surface area contributed by atoms with Gasteiger partial charge in [-0.15, -0.1) is 0 Å². The van der Waals surface area contributed by atoms with Crippen molar-refractivity contribution >= 4 is 11.4 Å². The van der Waals surface area contributed by atoms with E-state index in [1.807, 2.05) is 12.1 Å². The Balaban J connectivity index is 1.88. The topological polar surface area (TPSA) is 38.5 Å². The number of nitrogens with zero attached hydrogens (tertiary/aromatic N) is 1. The maximum Gasteiger partial charge on any atom is 0.144 e. The average Bonchev–Trinajstić information content (AvgIpc) is 2.38. The van der Waals surface area contributed by atoms with E-state index in [2.05, 4.69) is 17.9 Å². The molecule has 0 unspecified atom stereocenters. The monoisotopic (exact) mass is 248 g/mol. The molecular weight excluding hydrogens is 224 g/mol. The van der Waals surface area contributed by atoms with Gasteiger partial charge in [-0.2, -0.15) is 0 Å². The number of unbranched alkanes of at least 4 members (excludes halogenated alkanes) is 4. The summed E-state index contributed by atoms with van der Waals surface area (Å²) in [6.45, 7) is 5.14. The van der Waals surface area contributed by atoms with E-state index in [9.17, 15) is 0 Å². The summed E-state index contributed by atoms with van der Waals surface area (Å²) in [6.07, 6.45) is 6.62. The molecule has 0 fully saturated rings. The molecule has 0 aliphatic carbocycles. The lowest BCUT2D eigenvalue weighted by Gasteiger charge is -2.31. The van der Waals surface area contributed by atoms with Crippen molar-refractivity contribution in [1.29, 1.82) is 0 Å². The van der Waals surface area contributed by atoms with Crippen LogP contribution >= 0.6 is 0 Å². The first-order chi connectivity index (χ1) is 8.81. The highest BCUT2D eigenvalue weighted by Crippen LogP contribution is 2.33. The molecule has 0 bridgehead atoms. The van der Waals surface area contributed by atoms with Gasteiger partial charge in [0.25, 0.3) is 0 Å². The Bertz CT molecular complexity index is 379. The van der Waals surface area contributed by atoms with Gasteiger partial charge in [0.2, 0.25) is 0 Å². The fourth-order valence-corrected chi connectivity index (χ4v) is 2.43. The Hall–Kier alpha value is -1.38. The molecule has 2 N–H and O–H groups in total. The second-order valence-corrected chi connectivity index (χ2v) is 4.98. The van der Waals surface area contributed by atoms with Crippen LogP contribution in [0.3, 0.4) is 0 Å². The Labute approximate surface area is 110 Å². The molecule has 2 rings (SSSR count). The first-order valence-corrected chi connectivity index (χ1v) is 7.08. The number of rotatable bonds is 6. The van der Waals surface area contributed by atoms with Crippen LogP contribution in [0, 0.1) is 0 Å². The SMILES string of the molecule is CCCCCCCN1CCOc2cc(N)ccc21. The first-order valence-electron chi connectivity index (χ1n) is 7.08. The zero-order chi connectivity index (χ0) is 12.8. The van der Waals surface area contributed by atoms with Crippen LogP contribution in [0.15, 0.2) is 18.2 Å². The minimum atomic E-state index is 0.769. The summed E-state index contributed by atoms with van der Waals surface area (Å²) in [5.74, 6) is 0.940. The molecule has 0 amide bonds. The fraction of sp³-hybridized carbons (Fsp3) is 0.600. The van der Waals surface area contributed by atoms with E-state index >= 15 is 0 Å². The van der Waals surface area contributed by atoms with Crippen molar-refractivity contribution in [2.45, 2.75) is 39.0 Å². The third kappa shape index (κ3) is 3.31. The summed E-state index contributed by atoms with van der Waals surface area (Å²) >= 11 is 0. The van der Waals surface area contributed by atoms with Crippen molar-refractivity contribution in [2.75, 3.05) is 30.3 Å². The van der Waals surface area contributed by atoms with Gasteiger partial charge in [-0.25, -0.2) is 0 Å². The smallest absolute Gasteiger partial charge is 0.144 e. The lowest BCUT2D eigenvalue weighted by molar-refractivity contribution is 0.307. The van der Waals surface area contributed by atoms with Gasteiger partial charge in [-0.3, -0.25) is 0 Å². The van der Waals surface area contributed by atoms with Crippen LogP contribution in [-0.4, -0.2) is 19.7 Å². The van der Waals surface area contributed by atoms with Gasteiger partial charge in [-0.1, -0.05) is 32.6 Å². The summed E-state index contributed by atoms with van der Waals surface area (Å²) in [7, 11) is 0. The van der Waals surface area contributed by atoms with E-state index in [0.717, 1.165) is 31.1 Å². The third-order valence-corrected chi connectivity index (χ3v) is 3.47. The number of benzene rings is 1. The molecule has 1 aliphatic heterocycles. The Kier molecular flexibility index (Phi) is 4.73. The van der Waals surface area contributed by atoms with E-state index in [4.69, 9.17) is 10.5 Å². The molecule has 3 heteroatoms. The van der Waals surface area contributed by atoms with Gasteiger partial charge in [-0.05, 0) is 18.6 Å². The second-order valence-electron chi connectivity index (χ2n) is 4.98. The molecule has 0 saturated carbocycles. The molecule has 0 saturated heterocycles. The van der Waals surface area contributed by atoms with Crippen molar-refractivity contribution in [1.82, 2.24) is 0 Å². The maximum absolute atomic E-state index is 5.78. The number of nitrogen functional groups attached to an aromatic ring is 1. The van der Waals surface area contributed by atoms with Crippen molar-refractivity contribution < 1.29 is 4.74 Å². The molecule has 0 aromatic heterocycles. The van der Waals surface area contributed by atoms with Crippen LogP contribution in [0.1, 0.15) is 39.0 Å². The highest BCUT2D eigenvalue weighted by molar-refractivity contribution is 5.64.